The molecule has 0 fully saturated rings. The minimum absolute atomic E-state index is 0.112. The van der Waals surface area contributed by atoms with E-state index in [1.807, 2.05) is 0 Å². The molecule has 0 bridgehead atoms. The Morgan fingerprint density at radius 3 is 3.00 bits per heavy atom. The van der Waals surface area contributed by atoms with Crippen molar-refractivity contribution in [2.24, 2.45) is 0 Å². The number of halogens is 1. The molecule has 0 spiro atoms. The van der Waals surface area contributed by atoms with Gasteiger partial charge in [-0.05, 0) is 30.5 Å². The summed E-state index contributed by atoms with van der Waals surface area (Å²) in [6.45, 7) is 0. The molecule has 3 nitrogen and oxygen atoms in total. The lowest BCUT2D eigenvalue weighted by Crippen LogP contribution is -1.95. The molecule has 1 aromatic carbocycles. The maximum Gasteiger partial charge on any atom is 0.303 e. The lowest BCUT2D eigenvalue weighted by atomic mass is 10.1. The summed E-state index contributed by atoms with van der Waals surface area (Å²) in [5, 5.41) is 9.10. The molecule has 1 aromatic heterocycles. The first-order valence-corrected chi connectivity index (χ1v) is 5.15. The van der Waals surface area contributed by atoms with Crippen molar-refractivity contribution in [1.29, 1.82) is 0 Å². The van der Waals surface area contributed by atoms with Gasteiger partial charge < -0.3 is 10.1 Å². The molecule has 16 heavy (non-hydrogen) atoms. The highest BCUT2D eigenvalue weighted by Gasteiger charge is 2.08. The Morgan fingerprint density at radius 2 is 2.25 bits per heavy atom. The number of carbonyl (C=O) groups is 1. The van der Waals surface area contributed by atoms with Gasteiger partial charge in [-0.2, -0.15) is 0 Å². The number of aromatic nitrogens is 1. The van der Waals surface area contributed by atoms with Crippen LogP contribution in [0.4, 0.5) is 4.39 Å². The third kappa shape index (κ3) is 2.05. The summed E-state index contributed by atoms with van der Waals surface area (Å²) in [5.74, 6) is -1.08. The van der Waals surface area contributed by atoms with E-state index in [0.717, 1.165) is 11.1 Å². The summed E-state index contributed by atoms with van der Waals surface area (Å²) in [4.78, 5) is 13.4. The van der Waals surface area contributed by atoms with Gasteiger partial charge in [-0.15, -0.1) is 0 Å². The molecule has 1 heterocycles. The molecule has 2 N–H and O–H groups in total. The normalized spacial score (nSPS) is 10.8. The largest absolute Gasteiger partial charge is 0.481 e. The highest BCUT2D eigenvalue weighted by Crippen LogP contribution is 2.22. The van der Waals surface area contributed by atoms with Crippen molar-refractivity contribution in [3.8, 4) is 0 Å². The zero-order chi connectivity index (χ0) is 11.5. The fraction of sp³-hybridized carbons (Fsp3) is 0.250. The highest BCUT2D eigenvalue weighted by molar-refractivity contribution is 5.83. The monoisotopic (exact) mass is 221 g/mol. The number of nitrogens with one attached hydrogen (secondary N) is 1. The topological polar surface area (TPSA) is 53.1 Å². The van der Waals surface area contributed by atoms with Gasteiger partial charge in [0.15, 0.2) is 0 Å². The standard InChI is InChI=1S/C12H12FNO2/c13-9-4-2-5-10-12(9)8(7-14-10)3-1-6-11(15)16/h2,4-5,7,14H,1,3,6H2,(H,15,16). The van der Waals surface area contributed by atoms with Crippen molar-refractivity contribution in [3.05, 3.63) is 35.8 Å². The quantitative estimate of drug-likeness (QED) is 0.834. The van der Waals surface area contributed by atoms with Crippen molar-refractivity contribution in [2.75, 3.05) is 0 Å². The first-order chi connectivity index (χ1) is 7.68. The molecule has 0 unspecified atom stereocenters. The van der Waals surface area contributed by atoms with Gasteiger partial charge in [0.05, 0.1) is 0 Å². The molecule has 84 valence electrons. The van der Waals surface area contributed by atoms with Crippen LogP contribution in [0.1, 0.15) is 18.4 Å². The van der Waals surface area contributed by atoms with Crippen LogP contribution in [0.15, 0.2) is 24.4 Å². The first-order valence-electron chi connectivity index (χ1n) is 5.15. The zero-order valence-corrected chi connectivity index (χ0v) is 8.66. The first kappa shape index (κ1) is 10.7. The maximum atomic E-state index is 13.5. The van der Waals surface area contributed by atoms with Crippen molar-refractivity contribution >= 4 is 16.9 Å². The number of benzene rings is 1. The van der Waals surface area contributed by atoms with Gasteiger partial charge in [0.2, 0.25) is 0 Å². The summed E-state index contributed by atoms with van der Waals surface area (Å²) in [6, 6.07) is 4.87. The number of hydrogen-bond donors (Lipinski definition) is 2. The van der Waals surface area contributed by atoms with Crippen LogP contribution in [0.2, 0.25) is 0 Å². The molecule has 2 aromatic rings. The van der Waals surface area contributed by atoms with Crippen molar-refractivity contribution in [2.45, 2.75) is 19.3 Å². The van der Waals surface area contributed by atoms with Gasteiger partial charge in [-0.3, -0.25) is 4.79 Å². The van der Waals surface area contributed by atoms with Crippen molar-refractivity contribution in [1.82, 2.24) is 4.98 Å². The molecule has 0 radical (unpaired) electrons. The average molecular weight is 221 g/mol. The highest BCUT2D eigenvalue weighted by atomic mass is 19.1. The van der Waals surface area contributed by atoms with Gasteiger partial charge in [0, 0.05) is 23.5 Å². The predicted octanol–water partition coefficient (Wildman–Crippen LogP) is 2.71. The van der Waals surface area contributed by atoms with Crippen LogP contribution in [0, 0.1) is 5.82 Å². The van der Waals surface area contributed by atoms with E-state index in [1.165, 1.54) is 6.07 Å². The maximum absolute atomic E-state index is 13.5. The molecular formula is C12H12FNO2. The van der Waals surface area contributed by atoms with E-state index in [9.17, 15) is 9.18 Å². The minimum atomic E-state index is -0.819. The van der Waals surface area contributed by atoms with Crippen molar-refractivity contribution < 1.29 is 14.3 Å². The molecule has 2 rings (SSSR count). The zero-order valence-electron chi connectivity index (χ0n) is 8.66. The number of hydrogen-bond acceptors (Lipinski definition) is 1. The van der Waals surface area contributed by atoms with Crippen molar-refractivity contribution in [3.63, 3.8) is 0 Å². The molecule has 0 aliphatic rings. The van der Waals surface area contributed by atoms with E-state index in [2.05, 4.69) is 4.98 Å². The Bertz CT molecular complexity index is 519. The van der Waals surface area contributed by atoms with Gasteiger partial charge in [0.25, 0.3) is 0 Å². The van der Waals surface area contributed by atoms with Crippen LogP contribution in [0.5, 0.6) is 0 Å². The number of aryl methyl sites for hydroxylation is 1. The summed E-state index contributed by atoms with van der Waals surface area (Å²) >= 11 is 0. The van der Waals surface area contributed by atoms with Crippen LogP contribution in [-0.4, -0.2) is 16.1 Å². The smallest absolute Gasteiger partial charge is 0.303 e. The minimum Gasteiger partial charge on any atom is -0.481 e. The lowest BCUT2D eigenvalue weighted by molar-refractivity contribution is -0.137. The van der Waals surface area contributed by atoms with E-state index in [4.69, 9.17) is 5.11 Å². The summed E-state index contributed by atoms with van der Waals surface area (Å²) in [5.41, 5.74) is 1.60. The third-order valence-corrected chi connectivity index (χ3v) is 2.57. The van der Waals surface area contributed by atoms with Crippen LogP contribution in [-0.2, 0) is 11.2 Å². The molecule has 0 saturated heterocycles. The van der Waals surface area contributed by atoms with E-state index in [1.54, 1.807) is 18.3 Å². The fourth-order valence-electron chi connectivity index (χ4n) is 1.84. The van der Waals surface area contributed by atoms with Crippen LogP contribution >= 0.6 is 0 Å². The second kappa shape index (κ2) is 4.35. The molecule has 0 aliphatic heterocycles. The average Bonchev–Trinajstić information content (AvgIpc) is 2.62. The number of carboxylic acids is 1. The Labute approximate surface area is 91.9 Å². The molecule has 0 atom stereocenters. The second-order valence-electron chi connectivity index (χ2n) is 3.72. The summed E-state index contributed by atoms with van der Waals surface area (Å²) < 4.78 is 13.5. The van der Waals surface area contributed by atoms with Crippen LogP contribution in [0.25, 0.3) is 10.9 Å². The number of carboxylic acid groups (broad SMARTS) is 1. The van der Waals surface area contributed by atoms with Gasteiger partial charge in [-0.25, -0.2) is 4.39 Å². The second-order valence-corrected chi connectivity index (χ2v) is 3.72. The van der Waals surface area contributed by atoms with E-state index in [0.29, 0.717) is 18.2 Å². The summed E-state index contributed by atoms with van der Waals surface area (Å²) in [7, 11) is 0. The number of rotatable bonds is 4. The molecule has 0 amide bonds. The van der Waals surface area contributed by atoms with Gasteiger partial charge >= 0.3 is 5.97 Å². The number of fused-ring (bicyclic) bond motifs is 1. The SMILES string of the molecule is O=C(O)CCCc1c[nH]c2cccc(F)c12. The molecule has 0 saturated carbocycles. The number of H-pyrrole nitrogens is 1. The van der Waals surface area contributed by atoms with Gasteiger partial charge in [-0.1, -0.05) is 6.07 Å². The van der Waals surface area contributed by atoms with Crippen LogP contribution in [0.3, 0.4) is 0 Å². The summed E-state index contributed by atoms with van der Waals surface area (Å²) in [6.07, 6.45) is 2.96. The van der Waals surface area contributed by atoms with E-state index >= 15 is 0 Å². The molecule has 0 aliphatic carbocycles. The Morgan fingerprint density at radius 1 is 1.44 bits per heavy atom. The van der Waals surface area contributed by atoms with E-state index in [-0.39, 0.29) is 12.2 Å². The predicted molar refractivity (Wildman–Crippen MR) is 58.8 cm³/mol. The number of aromatic amines is 1. The number of aliphatic carboxylic acids is 1. The van der Waals surface area contributed by atoms with E-state index < -0.39 is 5.97 Å². The molecule has 4 heteroatoms. The van der Waals surface area contributed by atoms with Gasteiger partial charge in [0.1, 0.15) is 5.82 Å². The lowest BCUT2D eigenvalue weighted by Gasteiger charge is -1.98. The molecular weight excluding hydrogens is 209 g/mol. The Hall–Kier alpha value is -1.84. The third-order valence-electron chi connectivity index (χ3n) is 2.57. The Balaban J connectivity index is 2.21. The fourth-order valence-corrected chi connectivity index (χ4v) is 1.84. The van der Waals surface area contributed by atoms with Crippen LogP contribution < -0.4 is 0 Å². The Kier molecular flexibility index (Phi) is 2.90.